The molecule has 0 heterocycles. The number of hydrogen-bond donors (Lipinski definition) is 2. The molecule has 0 spiro atoms. The third-order valence-corrected chi connectivity index (χ3v) is 5.44. The number of amides is 1. The largest absolute Gasteiger partial charge is 0.481 e. The first-order chi connectivity index (χ1) is 12.4. The number of ether oxygens (including phenoxy) is 1. The van der Waals surface area contributed by atoms with Crippen LogP contribution < -0.4 is 5.32 Å². The Morgan fingerprint density at radius 3 is 2.31 bits per heavy atom. The number of esters is 1. The van der Waals surface area contributed by atoms with E-state index in [-0.39, 0.29) is 23.7 Å². The SMILES string of the molecule is CC(C)COC(=O)c1ccc(NC(=O)[C@H]2[C@H]3CC[C@@H](C3)[C@H]2C(=O)O)cc1. The molecule has 6 heteroatoms. The zero-order valence-corrected chi connectivity index (χ0v) is 15.1. The fraction of sp³-hybridized carbons (Fsp3) is 0.550. The second kappa shape index (κ2) is 7.48. The molecule has 0 unspecified atom stereocenters. The number of benzene rings is 1. The lowest BCUT2D eigenvalue weighted by molar-refractivity contribution is -0.148. The van der Waals surface area contributed by atoms with Gasteiger partial charge in [0.05, 0.1) is 24.0 Å². The molecule has 140 valence electrons. The second-order valence-corrected chi connectivity index (χ2v) is 7.78. The first-order valence-electron chi connectivity index (χ1n) is 9.17. The molecule has 2 saturated carbocycles. The van der Waals surface area contributed by atoms with Crippen LogP contribution in [0.3, 0.4) is 0 Å². The van der Waals surface area contributed by atoms with Crippen molar-refractivity contribution in [3.05, 3.63) is 29.8 Å². The molecule has 0 radical (unpaired) electrons. The summed E-state index contributed by atoms with van der Waals surface area (Å²) in [6.45, 7) is 4.29. The Hall–Kier alpha value is -2.37. The number of carboxylic acids is 1. The number of aliphatic carboxylic acids is 1. The van der Waals surface area contributed by atoms with Crippen LogP contribution in [0.15, 0.2) is 24.3 Å². The Morgan fingerprint density at radius 1 is 1.12 bits per heavy atom. The number of rotatable bonds is 6. The van der Waals surface area contributed by atoms with Crippen LogP contribution in [0.25, 0.3) is 0 Å². The molecular weight excluding hydrogens is 334 g/mol. The molecule has 2 aliphatic carbocycles. The van der Waals surface area contributed by atoms with E-state index in [0.717, 1.165) is 19.3 Å². The first-order valence-corrected chi connectivity index (χ1v) is 9.17. The van der Waals surface area contributed by atoms with E-state index in [2.05, 4.69) is 5.32 Å². The van der Waals surface area contributed by atoms with Gasteiger partial charge in [-0.05, 0) is 61.3 Å². The van der Waals surface area contributed by atoms with Crippen molar-refractivity contribution in [2.75, 3.05) is 11.9 Å². The third-order valence-electron chi connectivity index (χ3n) is 5.44. The lowest BCUT2D eigenvalue weighted by Gasteiger charge is -2.27. The van der Waals surface area contributed by atoms with Gasteiger partial charge in [0.25, 0.3) is 0 Å². The normalized spacial score (nSPS) is 26.7. The molecule has 26 heavy (non-hydrogen) atoms. The van der Waals surface area contributed by atoms with Crippen molar-refractivity contribution >= 4 is 23.5 Å². The molecule has 4 atom stereocenters. The first kappa shape index (κ1) is 18.4. The minimum atomic E-state index is -0.874. The number of carboxylic acid groups (broad SMARTS) is 1. The summed E-state index contributed by atoms with van der Waals surface area (Å²) in [5.41, 5.74) is 0.981. The smallest absolute Gasteiger partial charge is 0.338 e. The van der Waals surface area contributed by atoms with Crippen LogP contribution in [0, 0.1) is 29.6 Å². The highest BCUT2D eigenvalue weighted by Crippen LogP contribution is 2.52. The van der Waals surface area contributed by atoms with Crippen molar-refractivity contribution in [3.8, 4) is 0 Å². The maximum Gasteiger partial charge on any atom is 0.338 e. The van der Waals surface area contributed by atoms with Crippen LogP contribution in [0.2, 0.25) is 0 Å². The summed E-state index contributed by atoms with van der Waals surface area (Å²) in [6.07, 6.45) is 2.65. The Morgan fingerprint density at radius 2 is 1.73 bits per heavy atom. The van der Waals surface area contributed by atoms with E-state index in [0.29, 0.717) is 17.9 Å². The average molecular weight is 359 g/mol. The molecule has 0 saturated heterocycles. The minimum Gasteiger partial charge on any atom is -0.481 e. The molecular formula is C20H25NO5. The Bertz CT molecular complexity index is 697. The maximum absolute atomic E-state index is 12.6. The lowest BCUT2D eigenvalue weighted by atomic mass is 9.78. The second-order valence-electron chi connectivity index (χ2n) is 7.78. The van der Waals surface area contributed by atoms with E-state index in [1.807, 2.05) is 13.8 Å². The average Bonchev–Trinajstić information content (AvgIpc) is 3.21. The van der Waals surface area contributed by atoms with E-state index in [1.165, 1.54) is 0 Å². The number of carbonyl (C=O) groups is 3. The van der Waals surface area contributed by atoms with Crippen molar-refractivity contribution < 1.29 is 24.2 Å². The quantitative estimate of drug-likeness (QED) is 0.761. The number of anilines is 1. The molecule has 2 fully saturated rings. The summed E-state index contributed by atoms with van der Waals surface area (Å²) >= 11 is 0. The van der Waals surface area contributed by atoms with Crippen molar-refractivity contribution in [1.29, 1.82) is 0 Å². The predicted octanol–water partition coefficient (Wildman–Crippen LogP) is 3.18. The monoisotopic (exact) mass is 359 g/mol. The van der Waals surface area contributed by atoms with Crippen LogP contribution in [-0.4, -0.2) is 29.6 Å². The summed E-state index contributed by atoms with van der Waals surface area (Å²) in [7, 11) is 0. The van der Waals surface area contributed by atoms with Gasteiger partial charge in [0.2, 0.25) is 5.91 Å². The van der Waals surface area contributed by atoms with Crippen LogP contribution >= 0.6 is 0 Å². The number of hydrogen-bond acceptors (Lipinski definition) is 4. The van der Waals surface area contributed by atoms with Crippen LogP contribution in [0.5, 0.6) is 0 Å². The molecule has 1 amide bonds. The Labute approximate surface area is 152 Å². The highest BCUT2D eigenvalue weighted by molar-refractivity contribution is 5.96. The molecule has 1 aromatic rings. The minimum absolute atomic E-state index is 0.117. The summed E-state index contributed by atoms with van der Waals surface area (Å²) in [6, 6.07) is 6.50. The topological polar surface area (TPSA) is 92.7 Å². The molecule has 2 bridgehead atoms. The number of carbonyl (C=O) groups excluding carboxylic acids is 2. The van der Waals surface area contributed by atoms with E-state index in [4.69, 9.17) is 4.74 Å². The fourth-order valence-electron chi connectivity index (χ4n) is 4.26. The standard InChI is InChI=1S/C20H25NO5/c1-11(2)10-26-20(25)12-5-7-15(8-6-12)21-18(22)16-13-3-4-14(9-13)17(16)19(23)24/h5-8,11,13-14,16-17H,3-4,9-10H2,1-2H3,(H,21,22)(H,23,24)/t13-,14-,16-,17+/m0/s1. The maximum atomic E-state index is 12.6. The van der Waals surface area contributed by atoms with Crippen molar-refractivity contribution in [2.24, 2.45) is 29.6 Å². The van der Waals surface area contributed by atoms with Gasteiger partial charge in [-0.2, -0.15) is 0 Å². The van der Waals surface area contributed by atoms with Gasteiger partial charge in [0.15, 0.2) is 0 Å². The number of fused-ring (bicyclic) bond motifs is 2. The van der Waals surface area contributed by atoms with Gasteiger partial charge in [-0.3, -0.25) is 9.59 Å². The summed E-state index contributed by atoms with van der Waals surface area (Å²) in [4.78, 5) is 36.1. The molecule has 3 rings (SSSR count). The molecule has 0 aliphatic heterocycles. The van der Waals surface area contributed by atoms with Crippen LogP contribution in [0.4, 0.5) is 5.69 Å². The number of nitrogens with one attached hydrogen (secondary N) is 1. The van der Waals surface area contributed by atoms with E-state index < -0.39 is 23.8 Å². The van der Waals surface area contributed by atoms with Gasteiger partial charge >= 0.3 is 11.9 Å². The Kier molecular flexibility index (Phi) is 5.30. The molecule has 0 aromatic heterocycles. The molecule has 6 nitrogen and oxygen atoms in total. The molecule has 2 N–H and O–H groups in total. The summed E-state index contributed by atoms with van der Waals surface area (Å²) in [5, 5.41) is 12.3. The van der Waals surface area contributed by atoms with Gasteiger partial charge in [-0.15, -0.1) is 0 Å². The summed E-state index contributed by atoms with van der Waals surface area (Å²) < 4.78 is 5.17. The van der Waals surface area contributed by atoms with Gasteiger partial charge in [-0.1, -0.05) is 13.8 Å². The van der Waals surface area contributed by atoms with Gasteiger partial charge in [-0.25, -0.2) is 4.79 Å². The van der Waals surface area contributed by atoms with Crippen molar-refractivity contribution in [2.45, 2.75) is 33.1 Å². The van der Waals surface area contributed by atoms with E-state index >= 15 is 0 Å². The van der Waals surface area contributed by atoms with Gasteiger partial charge in [0.1, 0.15) is 0 Å². The van der Waals surface area contributed by atoms with E-state index in [1.54, 1.807) is 24.3 Å². The fourth-order valence-corrected chi connectivity index (χ4v) is 4.26. The molecule has 1 aromatic carbocycles. The lowest BCUT2D eigenvalue weighted by Crippen LogP contribution is -2.37. The zero-order chi connectivity index (χ0) is 18.8. The van der Waals surface area contributed by atoms with Gasteiger partial charge < -0.3 is 15.2 Å². The molecule has 2 aliphatic rings. The Balaban J connectivity index is 1.63. The van der Waals surface area contributed by atoms with Gasteiger partial charge in [0, 0.05) is 5.69 Å². The van der Waals surface area contributed by atoms with Crippen molar-refractivity contribution in [3.63, 3.8) is 0 Å². The third kappa shape index (κ3) is 3.74. The van der Waals surface area contributed by atoms with Crippen molar-refractivity contribution in [1.82, 2.24) is 0 Å². The highest BCUT2D eigenvalue weighted by atomic mass is 16.5. The summed E-state index contributed by atoms with van der Waals surface area (Å²) in [5.74, 6) is -2.02. The predicted molar refractivity (Wildman–Crippen MR) is 95.6 cm³/mol. The van der Waals surface area contributed by atoms with Crippen LogP contribution in [0.1, 0.15) is 43.5 Å². The highest BCUT2D eigenvalue weighted by Gasteiger charge is 2.53. The van der Waals surface area contributed by atoms with Crippen LogP contribution in [-0.2, 0) is 14.3 Å². The zero-order valence-electron chi connectivity index (χ0n) is 15.1. The van der Waals surface area contributed by atoms with E-state index in [9.17, 15) is 19.5 Å².